The highest BCUT2D eigenvalue weighted by atomic mass is 32.2. The number of thioether (sulfide) groups is 1. The number of pyridine rings is 1. The van der Waals surface area contributed by atoms with Crippen LogP contribution in [0.2, 0.25) is 0 Å². The van der Waals surface area contributed by atoms with Crippen molar-refractivity contribution in [3.05, 3.63) is 157 Å². The van der Waals surface area contributed by atoms with E-state index in [1.54, 1.807) is 11.8 Å². The SMILES string of the molecule is CSc1ccc(-c2nn(C(c3ccccc3)(c3ccccc3)C3C=CC=CC3)cc2-c2ccc3nccn3c2)cc1. The van der Waals surface area contributed by atoms with Gasteiger partial charge in [0.25, 0.3) is 0 Å². The van der Waals surface area contributed by atoms with Gasteiger partial charge in [-0.15, -0.1) is 11.8 Å². The second kappa shape index (κ2) is 10.8. The molecule has 4 nitrogen and oxygen atoms in total. The van der Waals surface area contributed by atoms with Gasteiger partial charge < -0.3 is 4.40 Å². The maximum Gasteiger partial charge on any atom is 0.136 e. The zero-order chi connectivity index (χ0) is 27.6. The van der Waals surface area contributed by atoms with E-state index in [4.69, 9.17) is 5.10 Å². The fourth-order valence-electron chi connectivity index (χ4n) is 6.11. The summed E-state index contributed by atoms with van der Waals surface area (Å²) in [5.41, 5.74) is 7.02. The number of hydrogen-bond donors (Lipinski definition) is 0. The van der Waals surface area contributed by atoms with Crippen LogP contribution in [0.1, 0.15) is 17.5 Å². The third-order valence-electron chi connectivity index (χ3n) is 8.08. The highest BCUT2D eigenvalue weighted by Gasteiger charge is 2.44. The van der Waals surface area contributed by atoms with E-state index in [-0.39, 0.29) is 5.92 Å². The van der Waals surface area contributed by atoms with Gasteiger partial charge in [0.2, 0.25) is 0 Å². The quantitative estimate of drug-likeness (QED) is 0.187. The van der Waals surface area contributed by atoms with Crippen LogP contribution in [0.25, 0.3) is 28.0 Å². The van der Waals surface area contributed by atoms with Crippen molar-refractivity contribution in [2.24, 2.45) is 5.92 Å². The molecule has 1 unspecified atom stereocenters. The first kappa shape index (κ1) is 25.4. The summed E-state index contributed by atoms with van der Waals surface area (Å²) in [6.07, 6.45) is 20.2. The molecule has 5 heteroatoms. The van der Waals surface area contributed by atoms with Crippen molar-refractivity contribution in [1.29, 1.82) is 0 Å². The Bertz CT molecular complexity index is 1810. The molecule has 200 valence electrons. The lowest BCUT2D eigenvalue weighted by Crippen LogP contribution is -2.43. The molecule has 3 aromatic heterocycles. The summed E-state index contributed by atoms with van der Waals surface area (Å²) in [7, 11) is 0. The number of nitrogens with zero attached hydrogens (tertiary/aromatic N) is 4. The van der Waals surface area contributed by atoms with Gasteiger partial charge >= 0.3 is 0 Å². The Kier molecular flexibility index (Phi) is 6.65. The number of imidazole rings is 1. The Morgan fingerprint density at radius 3 is 2.15 bits per heavy atom. The molecule has 0 saturated carbocycles. The molecule has 0 spiro atoms. The second-order valence-electron chi connectivity index (χ2n) is 10.3. The van der Waals surface area contributed by atoms with Crippen molar-refractivity contribution < 1.29 is 0 Å². The van der Waals surface area contributed by atoms with Crippen LogP contribution in [0.5, 0.6) is 0 Å². The first-order valence-corrected chi connectivity index (χ1v) is 15.1. The van der Waals surface area contributed by atoms with Gasteiger partial charge in [0.15, 0.2) is 0 Å². The van der Waals surface area contributed by atoms with Crippen molar-refractivity contribution in [3.8, 4) is 22.4 Å². The molecule has 0 fully saturated rings. The lowest BCUT2D eigenvalue weighted by Gasteiger charge is -2.41. The van der Waals surface area contributed by atoms with E-state index < -0.39 is 5.54 Å². The molecule has 1 aliphatic carbocycles. The predicted octanol–water partition coefficient (Wildman–Crippen LogP) is 8.51. The third-order valence-corrected chi connectivity index (χ3v) is 8.83. The molecule has 41 heavy (non-hydrogen) atoms. The molecule has 3 heterocycles. The van der Waals surface area contributed by atoms with E-state index in [2.05, 4.69) is 154 Å². The fraction of sp³-hybridized carbons (Fsp3) is 0.111. The van der Waals surface area contributed by atoms with Crippen LogP contribution in [0, 0.1) is 5.92 Å². The summed E-state index contributed by atoms with van der Waals surface area (Å²) in [6, 6.07) is 34.6. The van der Waals surface area contributed by atoms with Gasteiger partial charge in [0.1, 0.15) is 16.9 Å². The summed E-state index contributed by atoms with van der Waals surface area (Å²) >= 11 is 1.75. The topological polar surface area (TPSA) is 35.1 Å². The zero-order valence-corrected chi connectivity index (χ0v) is 23.7. The van der Waals surface area contributed by atoms with Gasteiger partial charge in [-0.1, -0.05) is 97.1 Å². The highest BCUT2D eigenvalue weighted by molar-refractivity contribution is 7.98. The lowest BCUT2D eigenvalue weighted by molar-refractivity contribution is 0.293. The van der Waals surface area contributed by atoms with E-state index in [1.165, 1.54) is 16.0 Å². The van der Waals surface area contributed by atoms with Gasteiger partial charge in [-0.25, -0.2) is 4.98 Å². The predicted molar refractivity (Wildman–Crippen MR) is 169 cm³/mol. The van der Waals surface area contributed by atoms with Crippen molar-refractivity contribution in [2.75, 3.05) is 6.26 Å². The van der Waals surface area contributed by atoms with E-state index in [1.807, 2.05) is 12.4 Å². The van der Waals surface area contributed by atoms with Gasteiger partial charge in [-0.3, -0.25) is 4.68 Å². The largest absolute Gasteiger partial charge is 0.306 e. The first-order chi connectivity index (χ1) is 20.3. The minimum absolute atomic E-state index is 0.160. The fourth-order valence-corrected chi connectivity index (χ4v) is 6.52. The van der Waals surface area contributed by atoms with Crippen LogP contribution in [-0.4, -0.2) is 25.4 Å². The van der Waals surface area contributed by atoms with Crippen LogP contribution >= 0.6 is 11.8 Å². The summed E-state index contributed by atoms with van der Waals surface area (Å²) in [4.78, 5) is 5.70. The number of aromatic nitrogens is 4. The standard InChI is InChI=1S/C36H30N4S/c1-41-32-20-17-27(18-21-32)35-33(28-19-22-34-37-23-24-39(34)25-28)26-40(38-35)36(29-11-5-2-6-12-29,30-13-7-3-8-14-30)31-15-9-4-10-16-31/h2-15,17-26,31H,16H2,1H3. The molecule has 0 N–H and O–H groups in total. The number of allylic oxidation sites excluding steroid dienone is 4. The van der Waals surface area contributed by atoms with Gasteiger partial charge in [0.05, 0.1) is 0 Å². The smallest absolute Gasteiger partial charge is 0.136 e. The third kappa shape index (κ3) is 4.43. The van der Waals surface area contributed by atoms with Crippen LogP contribution in [0.15, 0.2) is 151 Å². The van der Waals surface area contributed by atoms with Gasteiger partial charge in [-0.05, 0) is 48.1 Å². The minimum atomic E-state index is -0.560. The molecule has 1 aliphatic rings. The molecule has 0 aliphatic heterocycles. The molecule has 0 bridgehead atoms. The molecule has 0 saturated heterocycles. The Morgan fingerprint density at radius 2 is 1.49 bits per heavy atom. The number of rotatable bonds is 7. The maximum absolute atomic E-state index is 5.51. The monoisotopic (exact) mass is 550 g/mol. The second-order valence-corrected chi connectivity index (χ2v) is 11.2. The van der Waals surface area contributed by atoms with Crippen molar-refractivity contribution in [1.82, 2.24) is 19.2 Å². The number of hydrogen-bond acceptors (Lipinski definition) is 3. The van der Waals surface area contributed by atoms with Gasteiger partial charge in [-0.2, -0.15) is 5.10 Å². The Hall–Kier alpha value is -4.61. The van der Waals surface area contributed by atoms with E-state index in [9.17, 15) is 0 Å². The molecule has 0 radical (unpaired) electrons. The van der Waals surface area contributed by atoms with Crippen LogP contribution < -0.4 is 0 Å². The summed E-state index contributed by atoms with van der Waals surface area (Å²) in [6.45, 7) is 0. The molecule has 3 aromatic carbocycles. The molecule has 1 atom stereocenters. The molecule has 6 aromatic rings. The average Bonchev–Trinajstić information content (AvgIpc) is 3.71. The van der Waals surface area contributed by atoms with E-state index in [0.717, 1.165) is 34.5 Å². The Balaban J connectivity index is 1.54. The Labute approximate surface area is 244 Å². The first-order valence-electron chi connectivity index (χ1n) is 13.9. The highest BCUT2D eigenvalue weighted by Crippen LogP contribution is 2.46. The van der Waals surface area contributed by atoms with Gasteiger partial charge in [0, 0.05) is 52.3 Å². The van der Waals surface area contributed by atoms with E-state index >= 15 is 0 Å². The minimum Gasteiger partial charge on any atom is -0.306 e. The lowest BCUT2D eigenvalue weighted by atomic mass is 9.70. The van der Waals surface area contributed by atoms with Crippen molar-refractivity contribution in [3.63, 3.8) is 0 Å². The summed E-state index contributed by atoms with van der Waals surface area (Å²) in [5, 5.41) is 5.51. The number of fused-ring (bicyclic) bond motifs is 1. The zero-order valence-electron chi connectivity index (χ0n) is 22.8. The number of benzene rings is 3. The maximum atomic E-state index is 5.51. The van der Waals surface area contributed by atoms with E-state index in [0.29, 0.717) is 0 Å². The van der Waals surface area contributed by atoms with Crippen LogP contribution in [-0.2, 0) is 5.54 Å². The molecular weight excluding hydrogens is 520 g/mol. The van der Waals surface area contributed by atoms with Crippen molar-refractivity contribution >= 4 is 17.4 Å². The van der Waals surface area contributed by atoms with Crippen LogP contribution in [0.3, 0.4) is 0 Å². The van der Waals surface area contributed by atoms with Crippen molar-refractivity contribution in [2.45, 2.75) is 16.9 Å². The normalized spacial score (nSPS) is 15.0. The molecule has 7 rings (SSSR count). The van der Waals surface area contributed by atoms with Crippen LogP contribution in [0.4, 0.5) is 0 Å². The molecule has 0 amide bonds. The Morgan fingerprint density at radius 1 is 0.780 bits per heavy atom. The summed E-state index contributed by atoms with van der Waals surface area (Å²) in [5.74, 6) is 0.160. The summed E-state index contributed by atoms with van der Waals surface area (Å²) < 4.78 is 4.31. The molecular formula is C36H30N4S. The average molecular weight is 551 g/mol.